The van der Waals surface area contributed by atoms with Crippen molar-refractivity contribution >= 4 is 18.3 Å². The van der Waals surface area contributed by atoms with E-state index < -0.39 is 0 Å². The predicted octanol–water partition coefficient (Wildman–Crippen LogP) is -0.454. The van der Waals surface area contributed by atoms with Crippen LogP contribution in [0, 0.1) is 0 Å². The number of nitrogens with zero attached hydrogens (tertiary/aromatic N) is 2. The van der Waals surface area contributed by atoms with E-state index in [4.69, 9.17) is 10.5 Å². The highest BCUT2D eigenvalue weighted by atomic mass is 35.5. The van der Waals surface area contributed by atoms with Gasteiger partial charge in [0.05, 0.1) is 19.8 Å². The Morgan fingerprint density at radius 3 is 2.56 bits per heavy atom. The first-order valence-electron chi connectivity index (χ1n) is 5.41. The second-order valence-corrected chi connectivity index (χ2v) is 3.99. The van der Waals surface area contributed by atoms with Crippen molar-refractivity contribution in [2.24, 2.45) is 5.73 Å². The van der Waals surface area contributed by atoms with Crippen LogP contribution in [-0.4, -0.2) is 68.2 Å². The summed E-state index contributed by atoms with van der Waals surface area (Å²) in [7, 11) is 1.93. The first-order chi connectivity index (χ1) is 7.15. The standard InChI is InChI=1S/C10H21N3O2.ClH/c1-9(7-11)12(2)8-10(14)13-3-5-15-6-4-13;/h9H,3-8,11H2,1-2H3;1H. The number of likely N-dealkylation sites (N-methyl/N-ethyl adjacent to an activating group) is 1. The summed E-state index contributed by atoms with van der Waals surface area (Å²) < 4.78 is 5.20. The van der Waals surface area contributed by atoms with E-state index in [1.54, 1.807) is 0 Å². The molecule has 5 nitrogen and oxygen atoms in total. The number of rotatable bonds is 4. The van der Waals surface area contributed by atoms with E-state index in [1.165, 1.54) is 0 Å². The van der Waals surface area contributed by atoms with Gasteiger partial charge in [-0.1, -0.05) is 0 Å². The zero-order valence-corrected chi connectivity index (χ0v) is 10.8. The third kappa shape index (κ3) is 4.65. The Morgan fingerprint density at radius 1 is 1.50 bits per heavy atom. The minimum atomic E-state index is 0. The molecule has 1 fully saturated rings. The van der Waals surface area contributed by atoms with Crippen LogP contribution in [-0.2, 0) is 9.53 Å². The molecule has 1 unspecified atom stereocenters. The van der Waals surface area contributed by atoms with Crippen LogP contribution in [0.2, 0.25) is 0 Å². The van der Waals surface area contributed by atoms with Crippen LogP contribution in [0.25, 0.3) is 0 Å². The van der Waals surface area contributed by atoms with Crippen LogP contribution >= 0.6 is 12.4 Å². The fourth-order valence-electron chi connectivity index (χ4n) is 1.46. The first kappa shape index (κ1) is 15.6. The number of morpholine rings is 1. The van der Waals surface area contributed by atoms with Gasteiger partial charge in [-0.15, -0.1) is 12.4 Å². The minimum Gasteiger partial charge on any atom is -0.378 e. The van der Waals surface area contributed by atoms with Gasteiger partial charge in [-0.05, 0) is 14.0 Å². The second-order valence-electron chi connectivity index (χ2n) is 3.99. The van der Waals surface area contributed by atoms with Crippen LogP contribution in [0.5, 0.6) is 0 Å². The Hall–Kier alpha value is -0.360. The normalized spacial score (nSPS) is 18.1. The zero-order valence-electron chi connectivity index (χ0n) is 10.0. The zero-order chi connectivity index (χ0) is 11.3. The van der Waals surface area contributed by atoms with E-state index in [1.807, 2.05) is 23.8 Å². The molecule has 0 radical (unpaired) electrons. The molecule has 1 rings (SSSR count). The summed E-state index contributed by atoms with van der Waals surface area (Å²) in [5.41, 5.74) is 5.54. The smallest absolute Gasteiger partial charge is 0.236 e. The quantitative estimate of drug-likeness (QED) is 0.735. The van der Waals surface area contributed by atoms with Gasteiger partial charge in [0, 0.05) is 25.7 Å². The molecule has 1 atom stereocenters. The van der Waals surface area contributed by atoms with Gasteiger partial charge in [-0.3, -0.25) is 9.69 Å². The van der Waals surface area contributed by atoms with Crippen molar-refractivity contribution in [2.75, 3.05) is 46.4 Å². The minimum absolute atomic E-state index is 0. The second kappa shape index (κ2) is 7.84. The topological polar surface area (TPSA) is 58.8 Å². The number of nitrogens with two attached hydrogens (primary N) is 1. The van der Waals surface area contributed by atoms with E-state index in [0.29, 0.717) is 39.4 Å². The summed E-state index contributed by atoms with van der Waals surface area (Å²) in [5, 5.41) is 0. The lowest BCUT2D eigenvalue weighted by molar-refractivity contribution is -0.136. The molecule has 1 aliphatic rings. The number of amides is 1. The molecule has 96 valence electrons. The lowest BCUT2D eigenvalue weighted by atomic mass is 10.3. The van der Waals surface area contributed by atoms with Crippen LogP contribution in [0.4, 0.5) is 0 Å². The van der Waals surface area contributed by atoms with Gasteiger partial charge >= 0.3 is 0 Å². The molecule has 0 aliphatic carbocycles. The van der Waals surface area contributed by atoms with Crippen LogP contribution < -0.4 is 5.73 Å². The Labute approximate surface area is 103 Å². The van der Waals surface area contributed by atoms with Gasteiger partial charge < -0.3 is 15.4 Å². The fourth-order valence-corrected chi connectivity index (χ4v) is 1.46. The Bertz CT molecular complexity index is 210. The number of hydrogen-bond donors (Lipinski definition) is 1. The molecular formula is C10H22ClN3O2. The molecule has 0 spiro atoms. The number of carbonyl (C=O) groups excluding carboxylic acids is 1. The van der Waals surface area contributed by atoms with E-state index >= 15 is 0 Å². The maximum atomic E-state index is 11.8. The van der Waals surface area contributed by atoms with Crippen molar-refractivity contribution in [1.29, 1.82) is 0 Å². The molecule has 0 aromatic carbocycles. The van der Waals surface area contributed by atoms with E-state index in [2.05, 4.69) is 0 Å². The van der Waals surface area contributed by atoms with Crippen molar-refractivity contribution in [1.82, 2.24) is 9.80 Å². The average Bonchev–Trinajstić information content (AvgIpc) is 2.29. The van der Waals surface area contributed by atoms with E-state index in [9.17, 15) is 4.79 Å². The molecule has 1 saturated heterocycles. The summed E-state index contributed by atoms with van der Waals surface area (Å²) in [5.74, 6) is 0.168. The number of halogens is 1. The molecule has 1 amide bonds. The molecular weight excluding hydrogens is 230 g/mol. The molecule has 16 heavy (non-hydrogen) atoms. The molecule has 1 heterocycles. The van der Waals surface area contributed by atoms with Gasteiger partial charge in [-0.25, -0.2) is 0 Å². The van der Waals surface area contributed by atoms with Crippen molar-refractivity contribution in [3.05, 3.63) is 0 Å². The van der Waals surface area contributed by atoms with Gasteiger partial charge in [0.25, 0.3) is 0 Å². The maximum absolute atomic E-state index is 11.8. The summed E-state index contributed by atoms with van der Waals surface area (Å²) in [6, 6.07) is 0.245. The van der Waals surface area contributed by atoms with Crippen LogP contribution in [0.15, 0.2) is 0 Å². The summed E-state index contributed by atoms with van der Waals surface area (Å²) >= 11 is 0. The van der Waals surface area contributed by atoms with Gasteiger partial charge in [0.1, 0.15) is 0 Å². The lowest BCUT2D eigenvalue weighted by Crippen LogP contribution is -2.47. The molecule has 0 saturated carbocycles. The highest BCUT2D eigenvalue weighted by molar-refractivity contribution is 5.85. The highest BCUT2D eigenvalue weighted by Gasteiger charge is 2.19. The van der Waals surface area contributed by atoms with Crippen molar-refractivity contribution in [3.8, 4) is 0 Å². The first-order valence-corrected chi connectivity index (χ1v) is 5.41. The fraction of sp³-hybridized carbons (Fsp3) is 0.900. The summed E-state index contributed by atoms with van der Waals surface area (Å²) in [4.78, 5) is 15.7. The van der Waals surface area contributed by atoms with Gasteiger partial charge in [-0.2, -0.15) is 0 Å². The third-order valence-electron chi connectivity index (χ3n) is 2.84. The van der Waals surface area contributed by atoms with Crippen LogP contribution in [0.1, 0.15) is 6.92 Å². The average molecular weight is 252 g/mol. The van der Waals surface area contributed by atoms with Crippen molar-refractivity contribution in [2.45, 2.75) is 13.0 Å². The number of hydrogen-bond acceptors (Lipinski definition) is 4. The largest absolute Gasteiger partial charge is 0.378 e. The molecule has 6 heteroatoms. The molecule has 0 aromatic rings. The van der Waals surface area contributed by atoms with Gasteiger partial charge in [0.15, 0.2) is 0 Å². The van der Waals surface area contributed by atoms with Crippen molar-refractivity contribution in [3.63, 3.8) is 0 Å². The molecule has 0 aromatic heterocycles. The predicted molar refractivity (Wildman–Crippen MR) is 65.8 cm³/mol. The Balaban J connectivity index is 0.00000225. The van der Waals surface area contributed by atoms with E-state index in [-0.39, 0.29) is 24.4 Å². The Morgan fingerprint density at radius 2 is 2.06 bits per heavy atom. The molecule has 1 aliphatic heterocycles. The van der Waals surface area contributed by atoms with Crippen LogP contribution in [0.3, 0.4) is 0 Å². The van der Waals surface area contributed by atoms with E-state index in [0.717, 1.165) is 0 Å². The summed E-state index contributed by atoms with van der Waals surface area (Å²) in [6.07, 6.45) is 0. The SMILES string of the molecule is CC(CN)N(C)CC(=O)N1CCOCC1.Cl. The lowest BCUT2D eigenvalue weighted by Gasteiger charge is -2.30. The monoisotopic (exact) mass is 251 g/mol. The highest BCUT2D eigenvalue weighted by Crippen LogP contribution is 2.00. The maximum Gasteiger partial charge on any atom is 0.236 e. The molecule has 2 N–H and O–H groups in total. The number of carbonyl (C=O) groups is 1. The summed E-state index contributed by atoms with van der Waals surface area (Å²) in [6.45, 7) is 5.77. The third-order valence-corrected chi connectivity index (χ3v) is 2.84. The van der Waals surface area contributed by atoms with Gasteiger partial charge in [0.2, 0.25) is 5.91 Å². The Kier molecular flexibility index (Phi) is 7.66. The van der Waals surface area contributed by atoms with Crippen molar-refractivity contribution < 1.29 is 9.53 Å². The molecule has 0 bridgehead atoms. The number of ether oxygens (including phenoxy) is 1.